The molecule has 1 aliphatic heterocycles. The molecule has 1 amide bonds. The van der Waals surface area contributed by atoms with Crippen molar-refractivity contribution in [3.8, 4) is 0 Å². The summed E-state index contributed by atoms with van der Waals surface area (Å²) in [5, 5.41) is 0. The molecule has 0 saturated carbocycles. The summed E-state index contributed by atoms with van der Waals surface area (Å²) in [6.07, 6.45) is 1.42. The van der Waals surface area contributed by atoms with Gasteiger partial charge in [-0.3, -0.25) is 4.79 Å². The van der Waals surface area contributed by atoms with Crippen LogP contribution in [-0.2, 0) is 14.8 Å². The second-order valence-corrected chi connectivity index (χ2v) is 6.63. The monoisotopic (exact) mass is 282 g/mol. The van der Waals surface area contributed by atoms with E-state index in [1.54, 1.807) is 30.9 Å². The molecule has 0 atom stereocenters. The predicted octanol–water partition coefficient (Wildman–Crippen LogP) is 1.50. The van der Waals surface area contributed by atoms with Crippen molar-refractivity contribution in [3.63, 3.8) is 0 Å². The van der Waals surface area contributed by atoms with Crippen LogP contribution in [0, 0.1) is 0 Å². The van der Waals surface area contributed by atoms with Crippen LogP contribution in [0.3, 0.4) is 0 Å². The Bertz CT molecular complexity index is 564. The number of nitrogens with zero attached hydrogens (tertiary/aromatic N) is 1. The minimum absolute atomic E-state index is 0.0934. The third kappa shape index (κ3) is 3.13. The maximum Gasteiger partial charge on any atom is 0.240 e. The van der Waals surface area contributed by atoms with Crippen LogP contribution in [0.1, 0.15) is 26.7 Å². The average molecular weight is 282 g/mol. The molecule has 1 aromatic rings. The molecule has 0 spiro atoms. The molecule has 19 heavy (non-hydrogen) atoms. The lowest BCUT2D eigenvalue weighted by molar-refractivity contribution is -0.117. The number of rotatable bonds is 4. The fourth-order valence-electron chi connectivity index (χ4n) is 2.10. The van der Waals surface area contributed by atoms with Gasteiger partial charge in [0, 0.05) is 24.7 Å². The van der Waals surface area contributed by atoms with Gasteiger partial charge in [-0.15, -0.1) is 0 Å². The van der Waals surface area contributed by atoms with Gasteiger partial charge in [0.05, 0.1) is 4.90 Å². The van der Waals surface area contributed by atoms with Crippen molar-refractivity contribution < 1.29 is 13.2 Å². The first kappa shape index (κ1) is 14.0. The molecule has 6 heteroatoms. The fraction of sp³-hybridized carbons (Fsp3) is 0.462. The summed E-state index contributed by atoms with van der Waals surface area (Å²) in [7, 11) is -3.47. The normalized spacial score (nSPS) is 16.4. The standard InChI is InChI=1S/C13H18N2O3S/c1-10(2)14-19(17,18)12-7-5-11(6-8-12)15-9-3-4-13(15)16/h5-8,10,14H,3-4,9H2,1-2H3. The van der Waals surface area contributed by atoms with Gasteiger partial charge in [-0.25, -0.2) is 13.1 Å². The maximum atomic E-state index is 11.9. The number of amides is 1. The summed E-state index contributed by atoms with van der Waals surface area (Å²) >= 11 is 0. The number of carbonyl (C=O) groups excluding carboxylic acids is 1. The molecule has 1 aromatic carbocycles. The molecule has 0 unspecified atom stereocenters. The number of sulfonamides is 1. The summed E-state index contributed by atoms with van der Waals surface area (Å²) in [6.45, 7) is 4.25. The lowest BCUT2D eigenvalue weighted by atomic mass is 10.3. The Hall–Kier alpha value is -1.40. The number of nitrogens with one attached hydrogen (secondary N) is 1. The molecule has 5 nitrogen and oxygen atoms in total. The van der Waals surface area contributed by atoms with Crippen molar-refractivity contribution in [1.29, 1.82) is 0 Å². The Balaban J connectivity index is 2.21. The van der Waals surface area contributed by atoms with E-state index in [0.717, 1.165) is 12.1 Å². The largest absolute Gasteiger partial charge is 0.312 e. The average Bonchev–Trinajstić information content (AvgIpc) is 2.74. The lowest BCUT2D eigenvalue weighted by Gasteiger charge is -2.16. The summed E-state index contributed by atoms with van der Waals surface area (Å²) in [5.41, 5.74) is 0.756. The van der Waals surface area contributed by atoms with Crippen LogP contribution < -0.4 is 9.62 Å². The molecule has 0 radical (unpaired) electrons. The lowest BCUT2D eigenvalue weighted by Crippen LogP contribution is -2.30. The molecule has 0 aliphatic carbocycles. The van der Waals surface area contributed by atoms with Crippen LogP contribution in [0.2, 0.25) is 0 Å². The topological polar surface area (TPSA) is 66.5 Å². The zero-order chi connectivity index (χ0) is 14.0. The number of carbonyl (C=O) groups is 1. The summed E-state index contributed by atoms with van der Waals surface area (Å²) in [6, 6.07) is 6.28. The second-order valence-electron chi connectivity index (χ2n) is 4.92. The van der Waals surface area contributed by atoms with Gasteiger partial charge in [0.25, 0.3) is 0 Å². The minimum atomic E-state index is -3.47. The summed E-state index contributed by atoms with van der Waals surface area (Å²) in [4.78, 5) is 13.5. The van der Waals surface area contributed by atoms with Crippen LogP contribution in [0.4, 0.5) is 5.69 Å². The van der Waals surface area contributed by atoms with Gasteiger partial charge >= 0.3 is 0 Å². The summed E-state index contributed by atoms with van der Waals surface area (Å²) in [5.74, 6) is 0.0934. The zero-order valence-electron chi connectivity index (χ0n) is 11.1. The molecular weight excluding hydrogens is 264 g/mol. The smallest absolute Gasteiger partial charge is 0.240 e. The van der Waals surface area contributed by atoms with E-state index in [4.69, 9.17) is 0 Å². The Labute approximate surface area is 113 Å². The van der Waals surface area contributed by atoms with Gasteiger partial charge in [0.15, 0.2) is 0 Å². The van der Waals surface area contributed by atoms with Gasteiger partial charge in [0.1, 0.15) is 0 Å². The van der Waals surface area contributed by atoms with Crippen molar-refractivity contribution in [2.75, 3.05) is 11.4 Å². The second kappa shape index (κ2) is 5.30. The van der Waals surface area contributed by atoms with Gasteiger partial charge < -0.3 is 4.90 Å². The Morgan fingerprint density at radius 3 is 2.32 bits per heavy atom. The van der Waals surface area contributed by atoms with E-state index in [1.165, 1.54) is 12.1 Å². The van der Waals surface area contributed by atoms with Crippen molar-refractivity contribution in [2.24, 2.45) is 0 Å². The molecule has 1 fully saturated rings. The molecule has 1 aliphatic rings. The van der Waals surface area contributed by atoms with Crippen LogP contribution in [-0.4, -0.2) is 26.9 Å². The Morgan fingerprint density at radius 2 is 1.84 bits per heavy atom. The number of hydrogen-bond donors (Lipinski definition) is 1. The summed E-state index contributed by atoms with van der Waals surface area (Å²) < 4.78 is 26.4. The Kier molecular flexibility index (Phi) is 3.91. The molecule has 104 valence electrons. The third-order valence-electron chi connectivity index (χ3n) is 2.92. The number of hydrogen-bond acceptors (Lipinski definition) is 3. The first-order chi connectivity index (χ1) is 8.90. The maximum absolute atomic E-state index is 11.9. The first-order valence-electron chi connectivity index (χ1n) is 6.33. The minimum Gasteiger partial charge on any atom is -0.312 e. The number of benzene rings is 1. The molecule has 1 heterocycles. The van der Waals surface area contributed by atoms with Crippen LogP contribution in [0.15, 0.2) is 29.2 Å². The molecular formula is C13H18N2O3S. The van der Waals surface area contributed by atoms with Crippen LogP contribution in [0.25, 0.3) is 0 Å². The van der Waals surface area contributed by atoms with Gasteiger partial charge in [-0.2, -0.15) is 0 Å². The highest BCUT2D eigenvalue weighted by molar-refractivity contribution is 7.89. The van der Waals surface area contributed by atoms with E-state index >= 15 is 0 Å². The molecule has 0 bridgehead atoms. The van der Waals surface area contributed by atoms with Gasteiger partial charge in [0.2, 0.25) is 15.9 Å². The van der Waals surface area contributed by atoms with E-state index in [1.807, 2.05) is 0 Å². The van der Waals surface area contributed by atoms with E-state index in [2.05, 4.69) is 4.72 Å². The Morgan fingerprint density at radius 1 is 1.21 bits per heavy atom. The molecule has 1 N–H and O–H groups in total. The van der Waals surface area contributed by atoms with Gasteiger partial charge in [-0.1, -0.05) is 0 Å². The van der Waals surface area contributed by atoms with E-state index in [0.29, 0.717) is 13.0 Å². The quantitative estimate of drug-likeness (QED) is 0.910. The highest BCUT2D eigenvalue weighted by Gasteiger charge is 2.22. The molecule has 1 saturated heterocycles. The number of anilines is 1. The van der Waals surface area contributed by atoms with E-state index in [9.17, 15) is 13.2 Å². The van der Waals surface area contributed by atoms with Crippen molar-refractivity contribution in [2.45, 2.75) is 37.6 Å². The first-order valence-corrected chi connectivity index (χ1v) is 7.81. The van der Waals surface area contributed by atoms with Crippen LogP contribution >= 0.6 is 0 Å². The van der Waals surface area contributed by atoms with Crippen LogP contribution in [0.5, 0.6) is 0 Å². The van der Waals surface area contributed by atoms with E-state index in [-0.39, 0.29) is 16.8 Å². The highest BCUT2D eigenvalue weighted by Crippen LogP contribution is 2.22. The van der Waals surface area contributed by atoms with E-state index < -0.39 is 10.0 Å². The SMILES string of the molecule is CC(C)NS(=O)(=O)c1ccc(N2CCCC2=O)cc1. The zero-order valence-corrected chi connectivity index (χ0v) is 11.9. The van der Waals surface area contributed by atoms with Crippen molar-refractivity contribution in [3.05, 3.63) is 24.3 Å². The van der Waals surface area contributed by atoms with Gasteiger partial charge in [-0.05, 0) is 44.5 Å². The fourth-order valence-corrected chi connectivity index (χ4v) is 3.36. The predicted molar refractivity (Wildman–Crippen MR) is 73.5 cm³/mol. The molecule has 0 aromatic heterocycles. The highest BCUT2D eigenvalue weighted by atomic mass is 32.2. The van der Waals surface area contributed by atoms with Crippen molar-refractivity contribution >= 4 is 21.6 Å². The molecule has 2 rings (SSSR count). The third-order valence-corrected chi connectivity index (χ3v) is 4.60. The van der Waals surface area contributed by atoms with Crippen molar-refractivity contribution in [1.82, 2.24) is 4.72 Å².